The molecule has 0 aromatic heterocycles. The van der Waals surface area contributed by atoms with E-state index in [4.69, 9.17) is 23.4 Å². The molecule has 0 unspecified atom stereocenters. The molecule has 1 atom stereocenters. The summed E-state index contributed by atoms with van der Waals surface area (Å²) in [6, 6.07) is 14.4. The fourth-order valence-corrected chi connectivity index (χ4v) is 2.76. The smallest absolute Gasteiger partial charge is 0.266 e. The average Bonchev–Trinajstić information content (AvgIpc) is 2.59. The lowest BCUT2D eigenvalue weighted by molar-refractivity contribution is -0.118. The Morgan fingerprint density at radius 3 is 2.57 bits per heavy atom. The molecule has 1 aliphatic heterocycles. The second-order valence-electron chi connectivity index (χ2n) is 4.80. The molecule has 0 bridgehead atoms. The predicted octanol–water partition coefficient (Wildman–Crippen LogP) is 4.07. The number of anilines is 1. The van der Waals surface area contributed by atoms with E-state index >= 15 is 0 Å². The van der Waals surface area contributed by atoms with Crippen LogP contribution in [0.1, 0.15) is 18.1 Å². The molecule has 5 heteroatoms. The number of fused-ring (bicyclic) bond motifs is 1. The van der Waals surface area contributed by atoms with Crippen molar-refractivity contribution in [3.63, 3.8) is 0 Å². The van der Waals surface area contributed by atoms with E-state index in [-0.39, 0.29) is 5.91 Å². The summed E-state index contributed by atoms with van der Waals surface area (Å²) in [7, 11) is 0. The normalized spacial score (nSPS) is 18.0. The maximum absolute atomic E-state index is 12.2. The molecular weight excluding hydrogens is 307 g/mol. The van der Waals surface area contributed by atoms with Crippen LogP contribution in [0.5, 0.6) is 0 Å². The molecule has 1 heterocycles. The van der Waals surface area contributed by atoms with Crippen molar-refractivity contribution >= 4 is 40.7 Å². The number of carbonyl (C=O) groups excluding carboxylic acids is 1. The number of benzene rings is 2. The minimum absolute atomic E-state index is 0.258. The molecular formula is C16H12Cl2N2O. The minimum Gasteiger partial charge on any atom is -0.271 e. The lowest BCUT2D eigenvalue weighted by Crippen LogP contribution is -2.28. The van der Waals surface area contributed by atoms with E-state index in [9.17, 15) is 4.79 Å². The summed E-state index contributed by atoms with van der Waals surface area (Å²) in [5.74, 6) is -0.258. The van der Waals surface area contributed by atoms with Crippen LogP contribution in [-0.4, -0.2) is 17.7 Å². The van der Waals surface area contributed by atoms with Crippen LogP contribution in [-0.2, 0) is 4.79 Å². The topological polar surface area (TPSA) is 32.7 Å². The zero-order valence-electron chi connectivity index (χ0n) is 11.3. The van der Waals surface area contributed by atoms with Gasteiger partial charge in [0.25, 0.3) is 5.91 Å². The van der Waals surface area contributed by atoms with Gasteiger partial charge in [-0.25, -0.2) is 4.42 Å². The number of carbonyl (C=O) groups is 1. The Balaban J connectivity index is 2.27. The summed E-state index contributed by atoms with van der Waals surface area (Å²) in [6.45, 7) is 1.73. The van der Waals surface area contributed by atoms with Crippen LogP contribution in [0, 0.1) is 0 Å². The third-order valence-electron chi connectivity index (χ3n) is 3.35. The van der Waals surface area contributed by atoms with E-state index in [1.165, 1.54) is 0 Å². The van der Waals surface area contributed by atoms with Gasteiger partial charge >= 0.3 is 0 Å². The third kappa shape index (κ3) is 2.55. The SMILES string of the molecule is C[C@H]1N=C(c2ccccc2)c2cc(Cl)ccc2N(Cl)C1=O. The van der Waals surface area contributed by atoms with Gasteiger partial charge in [0.1, 0.15) is 6.04 Å². The summed E-state index contributed by atoms with van der Waals surface area (Å²) in [5.41, 5.74) is 2.99. The third-order valence-corrected chi connectivity index (χ3v) is 3.93. The van der Waals surface area contributed by atoms with Crippen LogP contribution in [0.3, 0.4) is 0 Å². The van der Waals surface area contributed by atoms with Crippen LogP contribution in [0.15, 0.2) is 53.5 Å². The number of nitrogens with zero attached hydrogens (tertiary/aromatic N) is 2. The van der Waals surface area contributed by atoms with E-state index in [0.29, 0.717) is 10.7 Å². The number of hydrogen-bond acceptors (Lipinski definition) is 2. The highest BCUT2D eigenvalue weighted by Crippen LogP contribution is 2.31. The predicted molar refractivity (Wildman–Crippen MR) is 86.3 cm³/mol. The van der Waals surface area contributed by atoms with E-state index in [0.717, 1.165) is 21.3 Å². The minimum atomic E-state index is -0.552. The number of amides is 1. The van der Waals surface area contributed by atoms with Gasteiger partial charge in [0, 0.05) is 27.9 Å². The largest absolute Gasteiger partial charge is 0.271 e. The summed E-state index contributed by atoms with van der Waals surface area (Å²) >= 11 is 12.3. The van der Waals surface area contributed by atoms with Gasteiger partial charge in [0.05, 0.1) is 11.4 Å². The van der Waals surface area contributed by atoms with Crippen LogP contribution in [0.25, 0.3) is 0 Å². The average molecular weight is 319 g/mol. The van der Waals surface area contributed by atoms with Crippen molar-refractivity contribution in [1.82, 2.24) is 0 Å². The van der Waals surface area contributed by atoms with Crippen molar-refractivity contribution in [2.24, 2.45) is 4.99 Å². The molecule has 0 spiro atoms. The Hall–Kier alpha value is -1.84. The standard InChI is InChI=1S/C16H12Cl2N2O/c1-10-16(21)20(18)14-8-7-12(17)9-13(14)15(19-10)11-5-3-2-4-6-11/h2-10H,1H3/t10-/m1/s1. The Morgan fingerprint density at radius 2 is 1.86 bits per heavy atom. The molecule has 3 nitrogen and oxygen atoms in total. The number of benzodiazepines with no additional fused rings is 1. The highest BCUT2D eigenvalue weighted by atomic mass is 35.5. The molecule has 2 aromatic rings. The fourth-order valence-electron chi connectivity index (χ4n) is 2.30. The highest BCUT2D eigenvalue weighted by Gasteiger charge is 2.28. The van der Waals surface area contributed by atoms with Crippen LogP contribution >= 0.6 is 23.4 Å². The van der Waals surface area contributed by atoms with Crippen LogP contribution in [0.4, 0.5) is 5.69 Å². The van der Waals surface area contributed by atoms with Gasteiger partial charge in [-0.2, -0.15) is 0 Å². The maximum Gasteiger partial charge on any atom is 0.266 e. The van der Waals surface area contributed by atoms with Crippen molar-refractivity contribution in [1.29, 1.82) is 0 Å². The molecule has 0 saturated heterocycles. The first kappa shape index (κ1) is 14.1. The maximum atomic E-state index is 12.2. The Morgan fingerprint density at radius 1 is 1.14 bits per heavy atom. The van der Waals surface area contributed by atoms with Crippen molar-refractivity contribution in [2.75, 3.05) is 4.42 Å². The fraction of sp³-hybridized carbons (Fsp3) is 0.125. The number of halogens is 2. The zero-order valence-corrected chi connectivity index (χ0v) is 12.8. The first-order chi connectivity index (χ1) is 10.1. The van der Waals surface area contributed by atoms with Gasteiger partial charge in [-0.05, 0) is 25.1 Å². The van der Waals surface area contributed by atoms with E-state index in [2.05, 4.69) is 4.99 Å². The first-order valence-corrected chi connectivity index (χ1v) is 7.22. The monoisotopic (exact) mass is 318 g/mol. The second-order valence-corrected chi connectivity index (χ2v) is 5.57. The molecule has 21 heavy (non-hydrogen) atoms. The molecule has 1 amide bonds. The second kappa shape index (κ2) is 5.51. The van der Waals surface area contributed by atoms with Gasteiger partial charge < -0.3 is 0 Å². The number of hydrogen-bond donors (Lipinski definition) is 0. The molecule has 0 fully saturated rings. The molecule has 0 radical (unpaired) electrons. The lowest BCUT2D eigenvalue weighted by Gasteiger charge is -2.16. The van der Waals surface area contributed by atoms with E-state index in [1.54, 1.807) is 25.1 Å². The Labute approximate surface area is 132 Å². The van der Waals surface area contributed by atoms with Gasteiger partial charge in [0.15, 0.2) is 0 Å². The Bertz CT molecular complexity index is 728. The summed E-state index contributed by atoms with van der Waals surface area (Å²) in [6.07, 6.45) is 0. The zero-order chi connectivity index (χ0) is 15.0. The molecule has 2 aromatic carbocycles. The Kier molecular flexibility index (Phi) is 3.70. The van der Waals surface area contributed by atoms with E-state index in [1.807, 2.05) is 30.3 Å². The molecule has 1 aliphatic rings. The lowest BCUT2D eigenvalue weighted by atomic mass is 10.0. The van der Waals surface area contributed by atoms with Gasteiger partial charge in [-0.1, -0.05) is 41.9 Å². The highest BCUT2D eigenvalue weighted by molar-refractivity contribution is 6.40. The van der Waals surface area contributed by atoms with Gasteiger partial charge in [-0.3, -0.25) is 9.79 Å². The van der Waals surface area contributed by atoms with Crippen molar-refractivity contribution in [3.8, 4) is 0 Å². The van der Waals surface area contributed by atoms with Crippen LogP contribution in [0.2, 0.25) is 5.02 Å². The summed E-state index contributed by atoms with van der Waals surface area (Å²) in [5, 5.41) is 0.574. The first-order valence-electron chi connectivity index (χ1n) is 6.51. The van der Waals surface area contributed by atoms with Gasteiger partial charge in [0.2, 0.25) is 0 Å². The number of rotatable bonds is 1. The summed E-state index contributed by atoms with van der Waals surface area (Å²) < 4.78 is 1.12. The quantitative estimate of drug-likeness (QED) is 0.729. The van der Waals surface area contributed by atoms with Crippen molar-refractivity contribution in [2.45, 2.75) is 13.0 Å². The molecule has 3 rings (SSSR count). The van der Waals surface area contributed by atoms with Crippen molar-refractivity contribution < 1.29 is 4.79 Å². The van der Waals surface area contributed by atoms with Crippen molar-refractivity contribution in [3.05, 3.63) is 64.7 Å². The number of aliphatic imine (C=N–C) groups is 1. The molecule has 0 aliphatic carbocycles. The molecule has 0 N–H and O–H groups in total. The van der Waals surface area contributed by atoms with Gasteiger partial charge in [-0.15, -0.1) is 0 Å². The van der Waals surface area contributed by atoms with Crippen LogP contribution < -0.4 is 4.42 Å². The molecule has 106 valence electrons. The molecule has 0 saturated carbocycles. The summed E-state index contributed by atoms with van der Waals surface area (Å²) in [4.78, 5) is 16.8. The van der Waals surface area contributed by atoms with E-state index < -0.39 is 6.04 Å².